The van der Waals surface area contributed by atoms with Crippen LogP contribution in [0.5, 0.6) is 0 Å². The van der Waals surface area contributed by atoms with E-state index in [9.17, 15) is 0 Å². The van der Waals surface area contributed by atoms with Gasteiger partial charge in [-0.1, -0.05) is 170 Å². The summed E-state index contributed by atoms with van der Waals surface area (Å²) in [7, 11) is 0. The predicted molar refractivity (Wildman–Crippen MR) is 201 cm³/mol. The van der Waals surface area contributed by atoms with Crippen molar-refractivity contribution >= 4 is 27.8 Å². The van der Waals surface area contributed by atoms with Crippen molar-refractivity contribution in [1.82, 2.24) is 0 Å². The Balaban J connectivity index is 1.31. The minimum absolute atomic E-state index is 0.466. The van der Waals surface area contributed by atoms with E-state index in [1.54, 1.807) is 0 Å². The van der Waals surface area contributed by atoms with E-state index >= 15 is 0 Å². The molecule has 0 radical (unpaired) electrons. The van der Waals surface area contributed by atoms with E-state index in [1.807, 2.05) is 0 Å². The van der Waals surface area contributed by atoms with Gasteiger partial charge in [-0.15, -0.1) is 0 Å². The van der Waals surface area contributed by atoms with E-state index in [0.29, 0.717) is 0 Å². The van der Waals surface area contributed by atoms with Gasteiger partial charge < -0.3 is 4.90 Å². The molecule has 0 aromatic heterocycles. The topological polar surface area (TPSA) is 3.24 Å². The van der Waals surface area contributed by atoms with Gasteiger partial charge in [0, 0.05) is 16.8 Å². The molecule has 1 heteroatoms. The summed E-state index contributed by atoms with van der Waals surface area (Å²) in [6, 6.07) is 73.0. The lowest BCUT2D eigenvalue weighted by Crippen LogP contribution is -2.28. The van der Waals surface area contributed by atoms with Crippen molar-refractivity contribution in [2.45, 2.75) is 5.41 Å². The van der Waals surface area contributed by atoms with Gasteiger partial charge in [-0.05, 0) is 80.2 Å². The molecule has 48 heavy (non-hydrogen) atoms. The summed E-state index contributed by atoms with van der Waals surface area (Å²) >= 11 is 0. The highest BCUT2D eigenvalue weighted by Crippen LogP contribution is 2.57. The van der Waals surface area contributed by atoms with Crippen molar-refractivity contribution in [2.75, 3.05) is 4.90 Å². The summed E-state index contributed by atoms with van der Waals surface area (Å²) in [6.07, 6.45) is 0. The Bertz CT molecular complexity index is 2330. The van der Waals surface area contributed by atoms with E-state index in [-0.39, 0.29) is 0 Å². The molecule has 0 bridgehead atoms. The maximum Gasteiger partial charge on any atom is 0.0714 e. The maximum absolute atomic E-state index is 2.45. The lowest BCUT2D eigenvalue weighted by molar-refractivity contribution is 0.768. The Kier molecular flexibility index (Phi) is 6.76. The van der Waals surface area contributed by atoms with Gasteiger partial charge in [0.1, 0.15) is 0 Å². The first kappa shape index (κ1) is 28.1. The van der Waals surface area contributed by atoms with Crippen LogP contribution in [-0.4, -0.2) is 0 Å². The quantitative estimate of drug-likeness (QED) is 0.181. The monoisotopic (exact) mass is 611 g/mol. The molecule has 0 heterocycles. The summed E-state index contributed by atoms with van der Waals surface area (Å²) in [5.74, 6) is 0. The summed E-state index contributed by atoms with van der Waals surface area (Å²) in [6.45, 7) is 0. The molecule has 0 amide bonds. The molecule has 0 spiro atoms. The van der Waals surface area contributed by atoms with Crippen LogP contribution in [0.25, 0.3) is 33.0 Å². The van der Waals surface area contributed by atoms with E-state index in [0.717, 1.165) is 17.1 Å². The van der Waals surface area contributed by atoms with Gasteiger partial charge in [0.15, 0.2) is 0 Å². The molecule has 226 valence electrons. The number of fused-ring (bicyclic) bond motifs is 4. The number of hydrogen-bond donors (Lipinski definition) is 0. The Morgan fingerprint density at radius 1 is 0.354 bits per heavy atom. The van der Waals surface area contributed by atoms with E-state index in [4.69, 9.17) is 0 Å². The number of nitrogens with zero attached hydrogens (tertiary/aromatic N) is 1. The SMILES string of the molecule is c1ccc(-c2ccc(N(c3ccc4c(c3)C(c3ccccc3)(c3ccccc3)c3ccccc3-4)c3cccc4ccccc34)cc2)cc1. The van der Waals surface area contributed by atoms with Crippen molar-refractivity contribution < 1.29 is 0 Å². The zero-order valence-corrected chi connectivity index (χ0v) is 26.5. The molecular formula is C47H33N. The van der Waals surface area contributed by atoms with Crippen LogP contribution in [0.1, 0.15) is 22.3 Å². The van der Waals surface area contributed by atoms with Crippen LogP contribution < -0.4 is 4.90 Å². The summed E-state index contributed by atoms with van der Waals surface area (Å²) in [5.41, 5.74) is 13.1. The van der Waals surface area contributed by atoms with Crippen molar-refractivity contribution in [3.05, 3.63) is 222 Å². The third-order valence-electron chi connectivity index (χ3n) is 9.94. The van der Waals surface area contributed by atoms with E-state index in [1.165, 1.54) is 55.3 Å². The maximum atomic E-state index is 2.45. The molecule has 9 rings (SSSR count). The van der Waals surface area contributed by atoms with Crippen molar-refractivity contribution in [3.63, 3.8) is 0 Å². The first-order valence-corrected chi connectivity index (χ1v) is 16.6. The minimum Gasteiger partial charge on any atom is -0.310 e. The molecule has 0 aliphatic heterocycles. The standard InChI is InChI=1S/C47H33N/c1-4-15-34(16-5-1)35-27-29-39(30-28-35)48(46-26-14-18-36-17-10-11-23-41(36)46)40-31-32-43-42-24-12-13-25-44(42)47(45(43)33-40,37-19-6-2-7-20-37)38-21-8-3-9-22-38/h1-33H. The Morgan fingerprint density at radius 2 is 0.896 bits per heavy atom. The van der Waals surface area contributed by atoms with Crippen molar-refractivity contribution in [1.29, 1.82) is 0 Å². The number of benzene rings is 8. The van der Waals surface area contributed by atoms with Gasteiger partial charge in [-0.3, -0.25) is 0 Å². The predicted octanol–water partition coefficient (Wildman–Crippen LogP) is 12.3. The minimum atomic E-state index is -0.466. The molecule has 0 N–H and O–H groups in total. The number of anilines is 3. The highest BCUT2D eigenvalue weighted by Gasteiger charge is 2.46. The van der Waals surface area contributed by atoms with Crippen LogP contribution in [0, 0.1) is 0 Å². The molecule has 0 fully saturated rings. The van der Waals surface area contributed by atoms with Crippen molar-refractivity contribution in [3.8, 4) is 22.3 Å². The zero-order valence-electron chi connectivity index (χ0n) is 26.5. The second-order valence-electron chi connectivity index (χ2n) is 12.5. The average molecular weight is 612 g/mol. The molecule has 0 saturated carbocycles. The lowest BCUT2D eigenvalue weighted by atomic mass is 9.67. The third kappa shape index (κ3) is 4.40. The number of rotatable bonds is 6. The summed E-state index contributed by atoms with van der Waals surface area (Å²) in [5, 5.41) is 2.44. The van der Waals surface area contributed by atoms with Crippen LogP contribution in [0.2, 0.25) is 0 Å². The third-order valence-corrected chi connectivity index (χ3v) is 9.94. The smallest absolute Gasteiger partial charge is 0.0714 e. The largest absolute Gasteiger partial charge is 0.310 e. The Morgan fingerprint density at radius 3 is 1.62 bits per heavy atom. The van der Waals surface area contributed by atoms with E-state index < -0.39 is 5.41 Å². The second-order valence-corrected chi connectivity index (χ2v) is 12.5. The molecule has 1 nitrogen and oxygen atoms in total. The summed E-state index contributed by atoms with van der Waals surface area (Å²) < 4.78 is 0. The van der Waals surface area contributed by atoms with Gasteiger partial charge in [0.05, 0.1) is 11.1 Å². The highest BCUT2D eigenvalue weighted by atomic mass is 15.1. The van der Waals surface area contributed by atoms with Gasteiger partial charge in [-0.25, -0.2) is 0 Å². The van der Waals surface area contributed by atoms with Crippen LogP contribution in [0.15, 0.2) is 200 Å². The van der Waals surface area contributed by atoms with Gasteiger partial charge in [-0.2, -0.15) is 0 Å². The van der Waals surface area contributed by atoms with Crippen LogP contribution >= 0.6 is 0 Å². The lowest BCUT2D eigenvalue weighted by Gasteiger charge is -2.35. The second kappa shape index (κ2) is 11.6. The van der Waals surface area contributed by atoms with Gasteiger partial charge in [0.2, 0.25) is 0 Å². The number of hydrogen-bond acceptors (Lipinski definition) is 1. The molecule has 0 unspecified atom stereocenters. The first-order valence-electron chi connectivity index (χ1n) is 16.6. The van der Waals surface area contributed by atoms with E-state index in [2.05, 4.69) is 205 Å². The fourth-order valence-electron chi connectivity index (χ4n) is 7.84. The Hall–Kier alpha value is -6.18. The molecule has 8 aromatic rings. The molecule has 8 aromatic carbocycles. The van der Waals surface area contributed by atoms with Crippen LogP contribution in [0.4, 0.5) is 17.1 Å². The highest BCUT2D eigenvalue weighted by molar-refractivity contribution is 5.99. The van der Waals surface area contributed by atoms with Gasteiger partial charge in [0.25, 0.3) is 0 Å². The molecule has 1 aliphatic carbocycles. The molecular weight excluding hydrogens is 579 g/mol. The first-order chi connectivity index (χ1) is 23.8. The van der Waals surface area contributed by atoms with Crippen molar-refractivity contribution in [2.24, 2.45) is 0 Å². The van der Waals surface area contributed by atoms with Gasteiger partial charge >= 0.3 is 0 Å². The summed E-state index contributed by atoms with van der Waals surface area (Å²) in [4.78, 5) is 2.43. The normalized spacial score (nSPS) is 12.8. The molecule has 1 aliphatic rings. The fourth-order valence-corrected chi connectivity index (χ4v) is 7.84. The fraction of sp³-hybridized carbons (Fsp3) is 0.0213. The molecule has 0 saturated heterocycles. The average Bonchev–Trinajstić information content (AvgIpc) is 3.47. The Labute approximate surface area is 282 Å². The van der Waals surface area contributed by atoms with Crippen LogP contribution in [-0.2, 0) is 5.41 Å². The van der Waals surface area contributed by atoms with Crippen LogP contribution in [0.3, 0.4) is 0 Å². The molecule has 0 atom stereocenters. The zero-order chi connectivity index (χ0) is 31.9.